The zero-order valence-corrected chi connectivity index (χ0v) is 12.2. The molecule has 0 atom stereocenters. The zero-order chi connectivity index (χ0) is 13.5. The van der Waals surface area contributed by atoms with E-state index in [0.717, 1.165) is 0 Å². The molecule has 88 valence electrons. The topological polar surface area (TPSA) is 197 Å². The summed E-state index contributed by atoms with van der Waals surface area (Å²) in [5.41, 5.74) is 0. The molecule has 0 aromatic heterocycles. The van der Waals surface area contributed by atoms with Crippen LogP contribution in [0.25, 0.3) is 27.0 Å². The van der Waals surface area contributed by atoms with Gasteiger partial charge in [0.2, 0.25) is 0 Å². The second-order valence-corrected chi connectivity index (χ2v) is 0.456. The molecule has 10 nitrogen and oxygen atoms in total. The van der Waals surface area contributed by atoms with Crippen LogP contribution >= 0.6 is 0 Å². The molecule has 0 radical (unpaired) electrons. The summed E-state index contributed by atoms with van der Waals surface area (Å²) in [7, 11) is 0. The Morgan fingerprint density at radius 3 is 0.471 bits per heavy atom. The van der Waals surface area contributed by atoms with Crippen molar-refractivity contribution in [3.8, 4) is 0 Å². The summed E-state index contributed by atoms with van der Waals surface area (Å²) < 4.78 is 0. The third-order valence-corrected chi connectivity index (χ3v) is 0. The van der Waals surface area contributed by atoms with Gasteiger partial charge >= 0.3 is 60.1 Å². The first kappa shape index (κ1) is 44.6. The summed E-state index contributed by atoms with van der Waals surface area (Å²) in [5.74, 6) is 0. The van der Waals surface area contributed by atoms with E-state index in [1.54, 1.807) is 0 Å². The molecule has 0 aromatic rings. The van der Waals surface area contributed by atoms with Crippen molar-refractivity contribution in [1.82, 2.24) is 0 Å². The predicted molar refractivity (Wildman–Crippen MR) is 51.0 cm³/mol. The van der Waals surface area contributed by atoms with E-state index in [1.165, 1.54) is 0 Å². The standard InChI is InChI=1S/5CNO.Au.Ca/c5*2-1-3;;/q5*-1;+3;+2. The predicted octanol–water partition coefficient (Wildman–Crippen LogP) is -0.925. The second kappa shape index (κ2) is 189. The molecule has 0 aromatic carbocycles. The van der Waals surface area contributed by atoms with E-state index in [1.807, 2.05) is 0 Å². The SMILES string of the molecule is [Au+3].[Ca+2].[N-]=C=O.[N-]=C=O.[N-]=C=O.[N-]=C=O.[N-]=C=O. The molecule has 0 aliphatic heterocycles. The van der Waals surface area contributed by atoms with E-state index in [4.69, 9.17) is 51.0 Å². The molecule has 0 saturated carbocycles. The van der Waals surface area contributed by atoms with E-state index in [9.17, 15) is 0 Å². The molecule has 0 bridgehead atoms. The van der Waals surface area contributed by atoms with Crippen LogP contribution in [0.4, 0.5) is 0 Å². The molecule has 0 heterocycles. The van der Waals surface area contributed by atoms with Gasteiger partial charge in [0.15, 0.2) is 0 Å². The van der Waals surface area contributed by atoms with Crippen LogP contribution in [0.1, 0.15) is 0 Å². The summed E-state index contributed by atoms with van der Waals surface area (Å²) in [6.45, 7) is 0. The molecule has 0 aliphatic carbocycles. The van der Waals surface area contributed by atoms with Crippen LogP contribution in [0.5, 0.6) is 0 Å². The zero-order valence-electron chi connectivity index (χ0n) is 7.79. The first-order valence-corrected chi connectivity index (χ1v) is 2.14. The van der Waals surface area contributed by atoms with Gasteiger partial charge in [0.25, 0.3) is 0 Å². The largest absolute Gasteiger partial charge is 3.00 e. The molecule has 17 heavy (non-hydrogen) atoms. The van der Waals surface area contributed by atoms with Crippen molar-refractivity contribution in [2.75, 3.05) is 0 Å². The van der Waals surface area contributed by atoms with Crippen molar-refractivity contribution in [2.24, 2.45) is 0 Å². The Bertz CT molecular complexity index is 209. The normalized spacial score (nSPS) is 2.35. The number of rotatable bonds is 0. The molecule has 0 rings (SSSR count). The minimum absolute atomic E-state index is 0. The van der Waals surface area contributed by atoms with Crippen molar-refractivity contribution in [1.29, 1.82) is 0 Å². The molecule has 0 saturated heterocycles. The summed E-state index contributed by atoms with van der Waals surface area (Å²) in [6, 6.07) is 0. The Hall–Kier alpha value is -1.10. The van der Waals surface area contributed by atoms with Crippen molar-refractivity contribution in [2.45, 2.75) is 0 Å². The van der Waals surface area contributed by atoms with Crippen molar-refractivity contribution < 1.29 is 46.4 Å². The van der Waals surface area contributed by atoms with E-state index in [-0.39, 0.29) is 60.1 Å². The van der Waals surface area contributed by atoms with E-state index in [0.29, 0.717) is 30.4 Å². The first-order valence-electron chi connectivity index (χ1n) is 2.14. The van der Waals surface area contributed by atoms with Gasteiger partial charge in [-0.05, 0) is 30.4 Å². The van der Waals surface area contributed by atoms with Crippen molar-refractivity contribution in [3.63, 3.8) is 0 Å². The van der Waals surface area contributed by atoms with Crippen LogP contribution in [-0.4, -0.2) is 68.1 Å². The van der Waals surface area contributed by atoms with Gasteiger partial charge < -0.3 is 27.0 Å². The molecule has 0 fully saturated rings. The average Bonchev–Trinajstić information content (AvgIpc) is 2.09. The molecule has 0 N–H and O–H groups in total. The van der Waals surface area contributed by atoms with Gasteiger partial charge in [-0.2, -0.15) is 0 Å². The van der Waals surface area contributed by atoms with Crippen LogP contribution in [0.3, 0.4) is 0 Å². The molecule has 0 spiro atoms. The third kappa shape index (κ3) is 2050. The Morgan fingerprint density at radius 2 is 0.471 bits per heavy atom. The van der Waals surface area contributed by atoms with Gasteiger partial charge in [-0.25, -0.2) is 0 Å². The first-order chi connectivity index (χ1) is 7.07. The van der Waals surface area contributed by atoms with Crippen molar-refractivity contribution >= 4 is 68.1 Å². The molecular formula is C5AuCaN5O5. The van der Waals surface area contributed by atoms with Gasteiger partial charge in [-0.1, -0.05) is 0 Å². The fraction of sp³-hybridized carbons (Fsp3) is 0. The minimum Gasteiger partial charge on any atom is -0.724 e. The van der Waals surface area contributed by atoms with Gasteiger partial charge in [0.1, 0.15) is 0 Å². The minimum atomic E-state index is 0. The summed E-state index contributed by atoms with van der Waals surface area (Å²) in [5, 5.41) is 33.8. The maximum Gasteiger partial charge on any atom is 3.00 e. The number of hydrogen-bond donors (Lipinski definition) is 0. The molecular weight excluding hydrogens is 447 g/mol. The van der Waals surface area contributed by atoms with Crippen molar-refractivity contribution in [3.05, 3.63) is 27.0 Å². The average molecular weight is 447 g/mol. The van der Waals surface area contributed by atoms with E-state index in [2.05, 4.69) is 0 Å². The molecule has 0 unspecified atom stereocenters. The van der Waals surface area contributed by atoms with Crippen LogP contribution in [-0.2, 0) is 46.4 Å². The quantitative estimate of drug-likeness (QED) is 0.262. The molecule has 0 aliphatic rings. The fourth-order valence-corrected chi connectivity index (χ4v) is 0. The number of carbonyl (C=O) groups excluding carboxylic acids is 5. The second-order valence-electron chi connectivity index (χ2n) is 0.456. The molecule has 0 amide bonds. The van der Waals surface area contributed by atoms with Crippen LogP contribution < -0.4 is 0 Å². The van der Waals surface area contributed by atoms with Gasteiger partial charge in [-0.3, -0.25) is 24.0 Å². The molecule has 12 heteroatoms. The van der Waals surface area contributed by atoms with Gasteiger partial charge in [-0.15, -0.1) is 0 Å². The third-order valence-electron chi connectivity index (χ3n) is 0. The summed E-state index contributed by atoms with van der Waals surface area (Å²) in [6.07, 6.45) is 2.50. The van der Waals surface area contributed by atoms with E-state index >= 15 is 0 Å². The Kier molecular flexibility index (Phi) is 496. The maximum atomic E-state index is 8.24. The van der Waals surface area contributed by atoms with Gasteiger partial charge in [0.05, 0.1) is 0 Å². The smallest absolute Gasteiger partial charge is 0.724 e. The maximum absolute atomic E-state index is 8.24. The fourth-order valence-electron chi connectivity index (χ4n) is 0. The summed E-state index contributed by atoms with van der Waals surface area (Å²) >= 11 is 0. The van der Waals surface area contributed by atoms with Crippen LogP contribution in [0, 0.1) is 0 Å². The van der Waals surface area contributed by atoms with Crippen LogP contribution in [0.15, 0.2) is 0 Å². The van der Waals surface area contributed by atoms with Crippen LogP contribution in [0.2, 0.25) is 0 Å². The van der Waals surface area contributed by atoms with E-state index < -0.39 is 0 Å². The Balaban J connectivity index is -0.0000000143. The summed E-state index contributed by atoms with van der Waals surface area (Å²) in [4.78, 5) is 41.2. The monoisotopic (exact) mass is 447 g/mol. The Labute approximate surface area is 140 Å². The van der Waals surface area contributed by atoms with Gasteiger partial charge in [0, 0.05) is 0 Å². The number of hydrogen-bond acceptors (Lipinski definition) is 5. The Morgan fingerprint density at radius 1 is 0.471 bits per heavy atom. The number of nitrogens with zero attached hydrogens (tertiary/aromatic N) is 5. The number of isocyanates is 5.